The van der Waals surface area contributed by atoms with Crippen LogP contribution in [0.2, 0.25) is 0 Å². The van der Waals surface area contributed by atoms with Gasteiger partial charge < -0.3 is 10.7 Å². The molecule has 1 heterocycles. The molecule has 0 fully saturated rings. The number of H-pyrrole nitrogens is 1. The Morgan fingerprint density at radius 2 is 2.45 bits per heavy atom. The number of nitrogens with zero attached hydrogens (tertiary/aromatic N) is 1. The van der Waals surface area contributed by atoms with E-state index in [4.69, 9.17) is 11.0 Å². The van der Waals surface area contributed by atoms with Gasteiger partial charge in [-0.3, -0.25) is 0 Å². The minimum absolute atomic E-state index is 0.194. The summed E-state index contributed by atoms with van der Waals surface area (Å²) in [5, 5.41) is 8.37. The van der Waals surface area contributed by atoms with Crippen molar-refractivity contribution < 1.29 is 0 Å². The molecule has 3 N–H and O–H groups in total. The first-order chi connectivity index (χ1) is 5.25. The molecule has 1 unspecified atom stereocenters. The molecular weight excluding hydrogens is 206 g/mol. The van der Waals surface area contributed by atoms with Gasteiger partial charge in [0, 0.05) is 28.5 Å². The maximum Gasteiger partial charge on any atom is 0.0641 e. The molecule has 0 saturated carbocycles. The summed E-state index contributed by atoms with van der Waals surface area (Å²) in [4.78, 5) is 2.90. The van der Waals surface area contributed by atoms with Gasteiger partial charge in [-0.25, -0.2) is 0 Å². The Hall–Kier alpha value is -0.790. The normalized spacial score (nSPS) is 12.5. The fraction of sp³-hybridized carbons (Fsp3) is 0.286. The smallest absolute Gasteiger partial charge is 0.0641 e. The Kier molecular flexibility index (Phi) is 2.69. The summed E-state index contributed by atoms with van der Waals surface area (Å²) in [6.07, 6.45) is 3.94. The lowest BCUT2D eigenvalue weighted by molar-refractivity contribution is 0.746. The third kappa shape index (κ3) is 1.82. The molecule has 4 heteroatoms. The van der Waals surface area contributed by atoms with E-state index in [2.05, 4.69) is 20.9 Å². The van der Waals surface area contributed by atoms with Gasteiger partial charge in [0.15, 0.2) is 0 Å². The van der Waals surface area contributed by atoms with E-state index < -0.39 is 0 Å². The van der Waals surface area contributed by atoms with Crippen molar-refractivity contribution in [2.75, 3.05) is 0 Å². The molecule has 1 atom stereocenters. The first-order valence-electron chi connectivity index (χ1n) is 3.20. The van der Waals surface area contributed by atoms with Crippen LogP contribution in [0.1, 0.15) is 18.0 Å². The lowest BCUT2D eigenvalue weighted by Crippen LogP contribution is -2.08. The number of nitriles is 1. The van der Waals surface area contributed by atoms with Crippen molar-refractivity contribution in [3.05, 3.63) is 22.4 Å². The predicted molar refractivity (Wildman–Crippen MR) is 45.7 cm³/mol. The molecule has 58 valence electrons. The molecule has 1 rings (SSSR count). The van der Waals surface area contributed by atoms with Crippen molar-refractivity contribution in [2.45, 2.75) is 12.5 Å². The molecule has 11 heavy (non-hydrogen) atoms. The fourth-order valence-electron chi connectivity index (χ4n) is 0.849. The summed E-state index contributed by atoms with van der Waals surface area (Å²) in [5.74, 6) is 0. The second-order valence-corrected chi connectivity index (χ2v) is 3.08. The Labute approximate surface area is 73.3 Å². The van der Waals surface area contributed by atoms with Crippen molar-refractivity contribution in [3.63, 3.8) is 0 Å². The highest BCUT2D eigenvalue weighted by Crippen LogP contribution is 2.22. The van der Waals surface area contributed by atoms with E-state index >= 15 is 0 Å². The molecule has 0 saturated heterocycles. The van der Waals surface area contributed by atoms with Crippen molar-refractivity contribution >= 4 is 15.9 Å². The second-order valence-electron chi connectivity index (χ2n) is 2.23. The van der Waals surface area contributed by atoms with Crippen LogP contribution in [-0.2, 0) is 0 Å². The predicted octanol–water partition coefficient (Wildman–Crippen LogP) is 1.69. The average Bonchev–Trinajstić information content (AvgIpc) is 2.36. The minimum Gasteiger partial charge on any atom is -0.366 e. The van der Waals surface area contributed by atoms with Crippen molar-refractivity contribution in [1.29, 1.82) is 5.26 Å². The van der Waals surface area contributed by atoms with E-state index in [9.17, 15) is 0 Å². The van der Waals surface area contributed by atoms with Crippen LogP contribution >= 0.6 is 15.9 Å². The van der Waals surface area contributed by atoms with Gasteiger partial charge >= 0.3 is 0 Å². The number of aromatic amines is 1. The Bertz CT molecular complexity index is 273. The molecule has 0 bridgehead atoms. The van der Waals surface area contributed by atoms with E-state index in [0.717, 1.165) is 10.0 Å². The van der Waals surface area contributed by atoms with Gasteiger partial charge in [0.05, 0.1) is 12.5 Å². The number of hydrogen-bond donors (Lipinski definition) is 2. The Morgan fingerprint density at radius 1 is 1.73 bits per heavy atom. The van der Waals surface area contributed by atoms with Gasteiger partial charge in [-0.15, -0.1) is 0 Å². The lowest BCUT2D eigenvalue weighted by Gasteiger charge is -2.03. The SMILES string of the molecule is N#CCC(N)c1c[nH]cc1Br. The van der Waals surface area contributed by atoms with Gasteiger partial charge in [-0.2, -0.15) is 5.26 Å². The molecule has 0 aromatic carbocycles. The summed E-state index contributed by atoms with van der Waals surface area (Å²) in [5.41, 5.74) is 6.63. The second kappa shape index (κ2) is 3.56. The number of nitrogens with two attached hydrogens (primary N) is 1. The molecule has 0 amide bonds. The molecule has 1 aromatic rings. The van der Waals surface area contributed by atoms with Gasteiger partial charge in [0.1, 0.15) is 0 Å². The van der Waals surface area contributed by atoms with Gasteiger partial charge in [0.25, 0.3) is 0 Å². The number of aromatic nitrogens is 1. The zero-order valence-electron chi connectivity index (χ0n) is 5.84. The van der Waals surface area contributed by atoms with Crippen LogP contribution in [0.3, 0.4) is 0 Å². The molecule has 0 aliphatic heterocycles. The van der Waals surface area contributed by atoms with Gasteiger partial charge in [-0.1, -0.05) is 0 Å². The summed E-state index contributed by atoms with van der Waals surface area (Å²) in [6, 6.07) is 1.83. The maximum absolute atomic E-state index is 8.37. The minimum atomic E-state index is -0.194. The van der Waals surface area contributed by atoms with Crippen LogP contribution in [0, 0.1) is 11.3 Å². The van der Waals surface area contributed by atoms with E-state index in [-0.39, 0.29) is 6.04 Å². The first-order valence-corrected chi connectivity index (χ1v) is 3.99. The molecule has 0 spiro atoms. The number of hydrogen-bond acceptors (Lipinski definition) is 2. The molecule has 1 aromatic heterocycles. The Balaban J connectivity index is 2.77. The zero-order valence-corrected chi connectivity index (χ0v) is 7.43. The highest BCUT2D eigenvalue weighted by Gasteiger charge is 2.08. The van der Waals surface area contributed by atoms with Crippen molar-refractivity contribution in [1.82, 2.24) is 4.98 Å². The van der Waals surface area contributed by atoms with Crippen LogP contribution in [0.5, 0.6) is 0 Å². The average molecular weight is 214 g/mol. The van der Waals surface area contributed by atoms with Gasteiger partial charge in [-0.05, 0) is 15.9 Å². The third-order valence-electron chi connectivity index (χ3n) is 1.44. The largest absolute Gasteiger partial charge is 0.366 e. The number of halogens is 1. The molecule has 0 radical (unpaired) electrons. The fourth-order valence-corrected chi connectivity index (χ4v) is 1.39. The quantitative estimate of drug-likeness (QED) is 0.786. The highest BCUT2D eigenvalue weighted by molar-refractivity contribution is 9.10. The first kappa shape index (κ1) is 8.31. The summed E-state index contributed by atoms with van der Waals surface area (Å²) in [7, 11) is 0. The van der Waals surface area contributed by atoms with Crippen molar-refractivity contribution in [3.8, 4) is 6.07 Å². The van der Waals surface area contributed by atoms with Crippen LogP contribution in [0.4, 0.5) is 0 Å². The van der Waals surface area contributed by atoms with Gasteiger partial charge in [0.2, 0.25) is 0 Å². The summed E-state index contributed by atoms with van der Waals surface area (Å²) in [6.45, 7) is 0. The lowest BCUT2D eigenvalue weighted by atomic mass is 10.1. The Morgan fingerprint density at radius 3 is 2.91 bits per heavy atom. The van der Waals surface area contributed by atoms with E-state index in [0.29, 0.717) is 6.42 Å². The molecule has 0 aliphatic carbocycles. The topological polar surface area (TPSA) is 65.6 Å². The van der Waals surface area contributed by atoms with Crippen LogP contribution < -0.4 is 5.73 Å². The highest BCUT2D eigenvalue weighted by atomic mass is 79.9. The maximum atomic E-state index is 8.37. The zero-order chi connectivity index (χ0) is 8.27. The molecule has 3 nitrogen and oxygen atoms in total. The standard InChI is InChI=1S/C7H8BrN3/c8-6-4-11-3-5(6)7(10)1-2-9/h3-4,7,11H,1,10H2. The number of rotatable bonds is 2. The summed E-state index contributed by atoms with van der Waals surface area (Å²) >= 11 is 3.32. The van der Waals surface area contributed by atoms with E-state index in [1.807, 2.05) is 6.07 Å². The van der Waals surface area contributed by atoms with E-state index in [1.54, 1.807) is 12.4 Å². The summed E-state index contributed by atoms with van der Waals surface area (Å²) < 4.78 is 0.931. The third-order valence-corrected chi connectivity index (χ3v) is 2.12. The van der Waals surface area contributed by atoms with Crippen LogP contribution in [0.25, 0.3) is 0 Å². The number of nitrogens with one attached hydrogen (secondary N) is 1. The van der Waals surface area contributed by atoms with Crippen LogP contribution in [0.15, 0.2) is 16.9 Å². The van der Waals surface area contributed by atoms with Crippen LogP contribution in [-0.4, -0.2) is 4.98 Å². The molecular formula is C7H8BrN3. The van der Waals surface area contributed by atoms with Crippen molar-refractivity contribution in [2.24, 2.45) is 5.73 Å². The van der Waals surface area contributed by atoms with E-state index in [1.165, 1.54) is 0 Å². The molecule has 0 aliphatic rings. The monoisotopic (exact) mass is 213 g/mol.